The third kappa shape index (κ3) is 6.01. The fraction of sp³-hybridized carbons (Fsp3) is 0.192. The summed E-state index contributed by atoms with van der Waals surface area (Å²) in [5.41, 5.74) is 2.35. The van der Waals surface area contributed by atoms with Crippen molar-refractivity contribution < 1.29 is 14.3 Å². The Morgan fingerprint density at radius 1 is 1.06 bits per heavy atom. The van der Waals surface area contributed by atoms with Crippen molar-refractivity contribution in [3.63, 3.8) is 0 Å². The van der Waals surface area contributed by atoms with Crippen LogP contribution in [0.2, 0.25) is 5.02 Å². The van der Waals surface area contributed by atoms with Gasteiger partial charge in [0.25, 0.3) is 5.91 Å². The Bertz CT molecular complexity index is 1220. The fourth-order valence-corrected chi connectivity index (χ4v) is 4.68. The Morgan fingerprint density at radius 2 is 1.71 bits per heavy atom. The van der Waals surface area contributed by atoms with Crippen LogP contribution in [0.5, 0.6) is 5.75 Å². The topological polar surface area (TPSA) is 61.9 Å². The fourth-order valence-electron chi connectivity index (χ4n) is 3.88. The molecule has 0 aromatic heterocycles. The summed E-state index contributed by atoms with van der Waals surface area (Å²) in [4.78, 5) is 29.8. The summed E-state index contributed by atoms with van der Waals surface area (Å²) >= 11 is 15.1. The first-order valence-electron chi connectivity index (χ1n) is 10.9. The summed E-state index contributed by atoms with van der Waals surface area (Å²) in [6, 6.07) is 21.2. The molecule has 2 amide bonds. The zero-order valence-corrected chi connectivity index (χ0v) is 22.1. The van der Waals surface area contributed by atoms with Crippen LogP contribution in [-0.2, 0) is 16.0 Å². The van der Waals surface area contributed by atoms with Gasteiger partial charge in [-0.05, 0) is 84.9 Å². The smallest absolute Gasteiger partial charge is 0.256 e. The van der Waals surface area contributed by atoms with E-state index in [9.17, 15) is 9.59 Å². The van der Waals surface area contributed by atoms with Gasteiger partial charge in [0.15, 0.2) is 5.11 Å². The highest BCUT2D eigenvalue weighted by Crippen LogP contribution is 2.29. The first-order valence-corrected chi connectivity index (χ1v) is 12.5. The number of hydrogen-bond donors (Lipinski definition) is 1. The van der Waals surface area contributed by atoms with Crippen LogP contribution in [0, 0.1) is 0 Å². The van der Waals surface area contributed by atoms with E-state index in [0.29, 0.717) is 40.2 Å². The van der Waals surface area contributed by atoms with Crippen LogP contribution in [0.1, 0.15) is 12.0 Å². The zero-order valence-electron chi connectivity index (χ0n) is 18.9. The van der Waals surface area contributed by atoms with Crippen LogP contribution in [0.25, 0.3) is 0 Å². The Kier molecular flexibility index (Phi) is 8.05. The Hall–Kier alpha value is -2.94. The van der Waals surface area contributed by atoms with E-state index in [1.807, 2.05) is 41.3 Å². The van der Waals surface area contributed by atoms with Gasteiger partial charge in [-0.15, -0.1) is 0 Å². The van der Waals surface area contributed by atoms with Crippen molar-refractivity contribution >= 4 is 68.1 Å². The number of nitrogens with one attached hydrogen (secondary N) is 1. The molecule has 0 bridgehead atoms. The molecule has 0 aliphatic carbocycles. The number of carbonyl (C=O) groups is 2. The second-order valence-corrected chi connectivity index (χ2v) is 9.72. The lowest BCUT2D eigenvalue weighted by atomic mass is 10.1. The number of carbonyl (C=O) groups excluding carboxylic acids is 2. The van der Waals surface area contributed by atoms with E-state index in [-0.39, 0.29) is 18.2 Å². The van der Waals surface area contributed by atoms with E-state index in [0.717, 1.165) is 10.0 Å². The quantitative estimate of drug-likeness (QED) is 0.352. The SMILES string of the molecule is COc1ccc(N2C(=O)C(CC(=O)Nc3ccc(Br)cc3)N(CCc3ccc(Cl)cc3)C2=S)cc1. The number of ether oxygens (including phenoxy) is 1. The number of thiocarbonyl (C=S) groups is 1. The maximum atomic E-state index is 13.5. The summed E-state index contributed by atoms with van der Waals surface area (Å²) in [6.07, 6.45) is 0.619. The van der Waals surface area contributed by atoms with Gasteiger partial charge in [-0.2, -0.15) is 0 Å². The molecule has 3 aromatic carbocycles. The maximum Gasteiger partial charge on any atom is 0.256 e. The highest BCUT2D eigenvalue weighted by Gasteiger charge is 2.43. The Morgan fingerprint density at radius 3 is 2.34 bits per heavy atom. The second kappa shape index (κ2) is 11.2. The molecule has 1 fully saturated rings. The number of rotatable bonds is 8. The molecular formula is C26H23BrClN3O3S. The van der Waals surface area contributed by atoms with Crippen molar-refractivity contribution in [1.29, 1.82) is 0 Å². The highest BCUT2D eigenvalue weighted by atomic mass is 79.9. The molecule has 1 heterocycles. The lowest BCUT2D eigenvalue weighted by Gasteiger charge is -2.24. The minimum atomic E-state index is -0.715. The van der Waals surface area contributed by atoms with Gasteiger partial charge < -0.3 is 15.0 Å². The third-order valence-corrected chi connectivity index (χ3v) is 6.91. The van der Waals surface area contributed by atoms with E-state index < -0.39 is 6.04 Å². The van der Waals surface area contributed by atoms with Gasteiger partial charge in [0, 0.05) is 21.7 Å². The van der Waals surface area contributed by atoms with Gasteiger partial charge in [0.1, 0.15) is 11.8 Å². The molecule has 180 valence electrons. The molecule has 6 nitrogen and oxygen atoms in total. The third-order valence-electron chi connectivity index (χ3n) is 5.71. The minimum Gasteiger partial charge on any atom is -0.497 e. The molecular weight excluding hydrogens is 550 g/mol. The number of hydrogen-bond acceptors (Lipinski definition) is 4. The van der Waals surface area contributed by atoms with Crippen molar-refractivity contribution in [2.24, 2.45) is 0 Å². The summed E-state index contributed by atoms with van der Waals surface area (Å²) in [6.45, 7) is 0.481. The maximum absolute atomic E-state index is 13.5. The van der Waals surface area contributed by atoms with Gasteiger partial charge >= 0.3 is 0 Å². The molecule has 0 spiro atoms. The molecule has 3 aromatic rings. The predicted molar refractivity (Wildman–Crippen MR) is 146 cm³/mol. The van der Waals surface area contributed by atoms with Gasteiger partial charge in [0.05, 0.1) is 19.2 Å². The van der Waals surface area contributed by atoms with E-state index in [1.165, 1.54) is 4.90 Å². The van der Waals surface area contributed by atoms with Crippen LogP contribution in [0.4, 0.5) is 11.4 Å². The van der Waals surface area contributed by atoms with E-state index in [4.69, 9.17) is 28.6 Å². The van der Waals surface area contributed by atoms with Crippen molar-refractivity contribution in [1.82, 2.24) is 4.90 Å². The van der Waals surface area contributed by atoms with Gasteiger partial charge in [0.2, 0.25) is 5.91 Å². The average Bonchev–Trinajstić information content (AvgIpc) is 3.08. The molecule has 1 aliphatic rings. The van der Waals surface area contributed by atoms with Gasteiger partial charge in [-0.25, -0.2) is 0 Å². The number of anilines is 2. The lowest BCUT2D eigenvalue weighted by Crippen LogP contribution is -2.39. The molecule has 1 atom stereocenters. The second-order valence-electron chi connectivity index (χ2n) is 8.00. The van der Waals surface area contributed by atoms with Crippen LogP contribution in [0.3, 0.4) is 0 Å². The molecule has 1 unspecified atom stereocenters. The normalized spacial score (nSPS) is 15.5. The van der Waals surface area contributed by atoms with Crippen molar-refractivity contribution in [3.8, 4) is 5.75 Å². The summed E-state index contributed by atoms with van der Waals surface area (Å²) in [7, 11) is 1.58. The number of nitrogens with zero attached hydrogens (tertiary/aromatic N) is 2. The first-order chi connectivity index (χ1) is 16.9. The predicted octanol–water partition coefficient (Wildman–Crippen LogP) is 5.68. The zero-order chi connectivity index (χ0) is 24.9. The standard InChI is InChI=1S/C26H23BrClN3O3S/c1-34-22-12-10-21(11-13-22)31-25(33)23(16-24(32)29-20-8-4-18(27)5-9-20)30(26(31)35)15-14-17-2-6-19(28)7-3-17/h2-13,23H,14-16H2,1H3,(H,29,32). The van der Waals surface area contributed by atoms with Crippen LogP contribution < -0.4 is 15.0 Å². The minimum absolute atomic E-state index is 0.0255. The molecule has 1 N–H and O–H groups in total. The lowest BCUT2D eigenvalue weighted by molar-refractivity contribution is -0.124. The number of methoxy groups -OCH3 is 1. The van der Waals surface area contributed by atoms with E-state index in [2.05, 4.69) is 21.2 Å². The summed E-state index contributed by atoms with van der Waals surface area (Å²) in [5, 5.41) is 3.90. The van der Waals surface area contributed by atoms with Crippen LogP contribution >= 0.6 is 39.7 Å². The number of halogens is 2. The molecule has 1 aliphatic heterocycles. The monoisotopic (exact) mass is 571 g/mol. The molecule has 0 saturated carbocycles. The van der Waals surface area contributed by atoms with Crippen molar-refractivity contribution in [2.75, 3.05) is 23.9 Å². The van der Waals surface area contributed by atoms with Crippen molar-refractivity contribution in [3.05, 3.63) is 87.9 Å². The largest absolute Gasteiger partial charge is 0.497 e. The number of amides is 2. The summed E-state index contributed by atoms with van der Waals surface area (Å²) < 4.78 is 6.14. The molecule has 1 saturated heterocycles. The molecule has 35 heavy (non-hydrogen) atoms. The van der Waals surface area contributed by atoms with Crippen molar-refractivity contribution in [2.45, 2.75) is 18.9 Å². The van der Waals surface area contributed by atoms with Gasteiger partial charge in [-0.3, -0.25) is 14.5 Å². The Labute approximate surface area is 222 Å². The average molecular weight is 573 g/mol. The van der Waals surface area contributed by atoms with Crippen LogP contribution in [0.15, 0.2) is 77.3 Å². The number of benzene rings is 3. The summed E-state index contributed by atoms with van der Waals surface area (Å²) in [5.74, 6) is 0.181. The molecule has 9 heteroatoms. The van der Waals surface area contributed by atoms with E-state index in [1.54, 1.807) is 43.5 Å². The highest BCUT2D eigenvalue weighted by molar-refractivity contribution is 9.10. The van der Waals surface area contributed by atoms with E-state index >= 15 is 0 Å². The van der Waals surface area contributed by atoms with Gasteiger partial charge in [-0.1, -0.05) is 39.7 Å². The molecule has 4 rings (SSSR count). The van der Waals surface area contributed by atoms with Crippen LogP contribution in [-0.4, -0.2) is 41.5 Å². The first kappa shape index (κ1) is 25.2. The molecule has 0 radical (unpaired) electrons. The Balaban J connectivity index is 1.55.